The predicted octanol–water partition coefficient (Wildman–Crippen LogP) is 4.51. The Bertz CT molecular complexity index is 622. The van der Waals surface area contributed by atoms with Crippen molar-refractivity contribution in [1.29, 1.82) is 0 Å². The van der Waals surface area contributed by atoms with E-state index >= 15 is 0 Å². The summed E-state index contributed by atoms with van der Waals surface area (Å²) < 4.78 is 1.06. The van der Waals surface area contributed by atoms with E-state index in [1.807, 2.05) is 21.7 Å². The molecule has 1 fully saturated rings. The van der Waals surface area contributed by atoms with Crippen molar-refractivity contribution in [3.63, 3.8) is 0 Å². The number of hydrogen-bond donors (Lipinski definition) is 0. The number of aromatic nitrogens is 1. The molecule has 20 heavy (non-hydrogen) atoms. The van der Waals surface area contributed by atoms with Crippen LogP contribution in [-0.4, -0.2) is 28.9 Å². The van der Waals surface area contributed by atoms with E-state index in [0.717, 1.165) is 33.9 Å². The third kappa shape index (κ3) is 2.97. The lowest BCUT2D eigenvalue weighted by molar-refractivity contribution is 0.0678. The van der Waals surface area contributed by atoms with Gasteiger partial charge >= 0.3 is 0 Å². The maximum Gasteiger partial charge on any atom is 0.273 e. The van der Waals surface area contributed by atoms with Crippen LogP contribution in [0.25, 0.3) is 9.88 Å². The van der Waals surface area contributed by atoms with Crippen LogP contribution in [0.1, 0.15) is 30.3 Å². The highest BCUT2D eigenvalue weighted by Crippen LogP contribution is 2.32. The van der Waals surface area contributed by atoms with Gasteiger partial charge in [0.25, 0.3) is 5.91 Å². The molecular formula is C14H15BrN2OS2. The molecule has 3 nitrogen and oxygen atoms in total. The first kappa shape index (κ1) is 14.2. The van der Waals surface area contributed by atoms with E-state index in [4.69, 9.17) is 0 Å². The standard InChI is InChI=1S/C14H15BrN2OS2/c1-9-3-2-4-17(6-9)14(18)11-8-20-13(16-11)12-5-10(15)7-19-12/h5,7-9H,2-4,6H2,1H3. The summed E-state index contributed by atoms with van der Waals surface area (Å²) in [6, 6.07) is 2.04. The zero-order valence-corrected chi connectivity index (χ0v) is 14.4. The number of nitrogens with zero attached hydrogens (tertiary/aromatic N) is 2. The average Bonchev–Trinajstić information content (AvgIpc) is 3.06. The quantitative estimate of drug-likeness (QED) is 0.779. The highest BCUT2D eigenvalue weighted by Gasteiger charge is 2.24. The average molecular weight is 371 g/mol. The van der Waals surface area contributed by atoms with E-state index in [1.165, 1.54) is 6.42 Å². The Kier molecular flexibility index (Phi) is 4.23. The van der Waals surface area contributed by atoms with Crippen LogP contribution in [0.5, 0.6) is 0 Å². The number of carbonyl (C=O) groups excluding carboxylic acids is 1. The van der Waals surface area contributed by atoms with E-state index in [2.05, 4.69) is 27.8 Å². The van der Waals surface area contributed by atoms with Crippen molar-refractivity contribution in [3.05, 3.63) is 27.0 Å². The van der Waals surface area contributed by atoms with E-state index in [9.17, 15) is 4.79 Å². The van der Waals surface area contributed by atoms with Crippen molar-refractivity contribution in [3.8, 4) is 9.88 Å². The van der Waals surface area contributed by atoms with E-state index in [-0.39, 0.29) is 5.91 Å². The Balaban J connectivity index is 1.77. The third-order valence-electron chi connectivity index (χ3n) is 3.45. The Hall–Kier alpha value is -0.720. The highest BCUT2D eigenvalue weighted by atomic mass is 79.9. The van der Waals surface area contributed by atoms with Crippen molar-refractivity contribution >= 4 is 44.5 Å². The number of amides is 1. The fourth-order valence-corrected chi connectivity index (χ4v) is 4.75. The summed E-state index contributed by atoms with van der Waals surface area (Å²) in [6.45, 7) is 3.92. The first-order valence-electron chi connectivity index (χ1n) is 6.62. The van der Waals surface area contributed by atoms with Crippen LogP contribution in [0.15, 0.2) is 21.3 Å². The number of rotatable bonds is 2. The normalized spacial score (nSPS) is 19.3. The number of thiazole rings is 1. The lowest BCUT2D eigenvalue weighted by Crippen LogP contribution is -2.39. The highest BCUT2D eigenvalue weighted by molar-refractivity contribution is 9.10. The Morgan fingerprint density at radius 2 is 2.30 bits per heavy atom. The Morgan fingerprint density at radius 1 is 1.45 bits per heavy atom. The van der Waals surface area contributed by atoms with E-state index < -0.39 is 0 Å². The van der Waals surface area contributed by atoms with Gasteiger partial charge in [0.05, 0.1) is 4.88 Å². The van der Waals surface area contributed by atoms with Crippen LogP contribution in [0, 0.1) is 5.92 Å². The molecule has 6 heteroatoms. The second-order valence-electron chi connectivity index (χ2n) is 5.17. The minimum absolute atomic E-state index is 0.0784. The molecular weight excluding hydrogens is 356 g/mol. The fourth-order valence-electron chi connectivity index (χ4n) is 2.45. The molecule has 3 heterocycles. The van der Waals surface area contributed by atoms with Gasteiger partial charge in [-0.25, -0.2) is 4.98 Å². The monoisotopic (exact) mass is 370 g/mol. The number of likely N-dealkylation sites (tertiary alicyclic amines) is 1. The summed E-state index contributed by atoms with van der Waals surface area (Å²) in [5, 5.41) is 4.84. The molecule has 106 valence electrons. The van der Waals surface area contributed by atoms with Gasteiger partial charge in [0.15, 0.2) is 0 Å². The van der Waals surface area contributed by atoms with E-state index in [0.29, 0.717) is 11.6 Å². The third-order valence-corrected chi connectivity index (χ3v) is 6.15. The molecule has 0 aliphatic carbocycles. The van der Waals surface area contributed by atoms with Crippen LogP contribution < -0.4 is 0 Å². The molecule has 1 saturated heterocycles. The molecule has 0 N–H and O–H groups in total. The summed E-state index contributed by atoms with van der Waals surface area (Å²) in [5.74, 6) is 0.675. The molecule has 0 aromatic carbocycles. The zero-order valence-electron chi connectivity index (χ0n) is 11.1. The van der Waals surface area contributed by atoms with Gasteiger partial charge in [-0.15, -0.1) is 22.7 Å². The van der Waals surface area contributed by atoms with Gasteiger partial charge < -0.3 is 4.90 Å². The lowest BCUT2D eigenvalue weighted by atomic mass is 10.0. The summed E-state index contributed by atoms with van der Waals surface area (Å²) in [7, 11) is 0. The van der Waals surface area contributed by atoms with Crippen LogP contribution in [0.3, 0.4) is 0 Å². The SMILES string of the molecule is CC1CCCN(C(=O)c2csc(-c3cc(Br)cs3)n2)C1. The van der Waals surface area contributed by atoms with Gasteiger partial charge in [-0.2, -0.15) is 0 Å². The molecule has 0 spiro atoms. The van der Waals surface area contributed by atoms with Crippen molar-refractivity contribution in [2.24, 2.45) is 5.92 Å². The van der Waals surface area contributed by atoms with Crippen molar-refractivity contribution in [2.75, 3.05) is 13.1 Å². The molecule has 2 aromatic heterocycles. The minimum atomic E-state index is 0.0784. The van der Waals surface area contributed by atoms with Crippen LogP contribution >= 0.6 is 38.6 Å². The van der Waals surface area contributed by atoms with Gasteiger partial charge in [-0.1, -0.05) is 6.92 Å². The molecule has 1 aliphatic rings. The summed E-state index contributed by atoms with van der Waals surface area (Å²) in [6.07, 6.45) is 2.32. The van der Waals surface area contributed by atoms with Gasteiger partial charge in [-0.05, 0) is 40.8 Å². The molecule has 1 amide bonds. The van der Waals surface area contributed by atoms with Gasteiger partial charge in [0.1, 0.15) is 10.7 Å². The maximum absolute atomic E-state index is 12.5. The lowest BCUT2D eigenvalue weighted by Gasteiger charge is -2.30. The minimum Gasteiger partial charge on any atom is -0.337 e. The molecule has 0 radical (unpaired) electrons. The number of piperidine rings is 1. The van der Waals surface area contributed by atoms with Crippen LogP contribution in [-0.2, 0) is 0 Å². The number of halogens is 1. The van der Waals surface area contributed by atoms with Gasteiger partial charge in [-0.3, -0.25) is 4.79 Å². The van der Waals surface area contributed by atoms with E-state index in [1.54, 1.807) is 22.7 Å². The summed E-state index contributed by atoms with van der Waals surface area (Å²) >= 11 is 6.63. The number of hydrogen-bond acceptors (Lipinski definition) is 4. The second-order valence-corrected chi connectivity index (χ2v) is 7.85. The number of carbonyl (C=O) groups is 1. The summed E-state index contributed by atoms with van der Waals surface area (Å²) in [4.78, 5) is 20.0. The molecule has 1 aliphatic heterocycles. The molecule has 0 saturated carbocycles. The van der Waals surface area contributed by atoms with Gasteiger partial charge in [0, 0.05) is 28.3 Å². The zero-order chi connectivity index (χ0) is 14.1. The van der Waals surface area contributed by atoms with Crippen molar-refractivity contribution in [2.45, 2.75) is 19.8 Å². The smallest absolute Gasteiger partial charge is 0.273 e. The predicted molar refractivity (Wildman–Crippen MR) is 87.4 cm³/mol. The molecule has 3 rings (SSSR count). The second kappa shape index (κ2) is 5.95. The fraction of sp³-hybridized carbons (Fsp3) is 0.429. The Labute approximate surface area is 134 Å². The largest absolute Gasteiger partial charge is 0.337 e. The topological polar surface area (TPSA) is 33.2 Å². The first-order chi connectivity index (χ1) is 9.63. The van der Waals surface area contributed by atoms with Crippen LogP contribution in [0.4, 0.5) is 0 Å². The first-order valence-corrected chi connectivity index (χ1v) is 9.18. The Morgan fingerprint density at radius 3 is 3.00 bits per heavy atom. The molecule has 1 unspecified atom stereocenters. The maximum atomic E-state index is 12.5. The molecule has 2 aromatic rings. The molecule has 1 atom stereocenters. The van der Waals surface area contributed by atoms with Gasteiger partial charge in [0.2, 0.25) is 0 Å². The van der Waals surface area contributed by atoms with Crippen molar-refractivity contribution < 1.29 is 4.79 Å². The van der Waals surface area contributed by atoms with Crippen LogP contribution in [0.2, 0.25) is 0 Å². The summed E-state index contributed by atoms with van der Waals surface area (Å²) in [5.41, 5.74) is 0.587. The van der Waals surface area contributed by atoms with Crippen molar-refractivity contribution in [1.82, 2.24) is 9.88 Å². The number of thiophene rings is 1. The molecule has 0 bridgehead atoms.